The van der Waals surface area contributed by atoms with Crippen LogP contribution in [0.15, 0.2) is 18.3 Å². The molecule has 2 aromatic rings. The third kappa shape index (κ3) is 3.45. The van der Waals surface area contributed by atoms with E-state index < -0.39 is 6.04 Å². The minimum atomic E-state index is -0.543. The van der Waals surface area contributed by atoms with Crippen molar-refractivity contribution in [2.75, 3.05) is 13.1 Å². The van der Waals surface area contributed by atoms with Crippen molar-refractivity contribution in [2.24, 2.45) is 5.41 Å². The fourth-order valence-corrected chi connectivity index (χ4v) is 4.04. The van der Waals surface area contributed by atoms with Crippen LogP contribution in [0.1, 0.15) is 55.9 Å². The molecule has 3 aliphatic rings. The van der Waals surface area contributed by atoms with Crippen LogP contribution in [0.4, 0.5) is 0 Å². The normalized spacial score (nSPS) is 21.5. The Morgan fingerprint density at radius 2 is 2.00 bits per heavy atom. The standard InChI is InChI=1S/C21H26N4O3/c1-13(20(27)25-8-6-21(4-5-21)7-9-25)23-19(26)16-10-14-11-18(28-15-2-3-15)22-12-17(14)24-16/h10-13,15,24H,2-9H2,1H3,(H,23,26)/t13-/m0/s1. The van der Waals surface area contributed by atoms with Gasteiger partial charge in [-0.15, -0.1) is 0 Å². The summed E-state index contributed by atoms with van der Waals surface area (Å²) in [4.78, 5) is 34.6. The molecule has 2 aromatic heterocycles. The Kier molecular flexibility index (Phi) is 4.07. The Balaban J connectivity index is 1.22. The van der Waals surface area contributed by atoms with Crippen molar-refractivity contribution in [1.29, 1.82) is 0 Å². The predicted octanol–water partition coefficient (Wildman–Crippen LogP) is 2.63. The number of aromatic amines is 1. The number of amides is 2. The van der Waals surface area contributed by atoms with Crippen LogP contribution in [0.3, 0.4) is 0 Å². The van der Waals surface area contributed by atoms with E-state index in [0.29, 0.717) is 17.0 Å². The van der Waals surface area contributed by atoms with Crippen LogP contribution >= 0.6 is 0 Å². The topological polar surface area (TPSA) is 87.3 Å². The second-order valence-electron chi connectivity index (χ2n) is 8.63. The van der Waals surface area contributed by atoms with Crippen molar-refractivity contribution in [2.45, 2.75) is 57.6 Å². The van der Waals surface area contributed by atoms with Crippen LogP contribution < -0.4 is 10.1 Å². The molecule has 3 fully saturated rings. The Morgan fingerprint density at radius 3 is 2.68 bits per heavy atom. The molecule has 5 rings (SSSR count). The lowest BCUT2D eigenvalue weighted by molar-refractivity contribution is -0.134. The van der Waals surface area contributed by atoms with Crippen molar-refractivity contribution in [3.63, 3.8) is 0 Å². The number of nitrogens with zero attached hydrogens (tertiary/aromatic N) is 2. The molecule has 148 valence electrons. The minimum absolute atomic E-state index is 0.00162. The number of piperidine rings is 1. The van der Waals surface area contributed by atoms with Gasteiger partial charge in [0.1, 0.15) is 17.8 Å². The number of fused-ring (bicyclic) bond motifs is 1. The van der Waals surface area contributed by atoms with E-state index in [4.69, 9.17) is 4.74 Å². The molecule has 7 nitrogen and oxygen atoms in total. The lowest BCUT2D eigenvalue weighted by Crippen LogP contribution is -2.49. The second kappa shape index (κ2) is 6.50. The summed E-state index contributed by atoms with van der Waals surface area (Å²) in [6.45, 7) is 3.37. The first-order chi connectivity index (χ1) is 13.5. The number of aromatic nitrogens is 2. The Hall–Kier alpha value is -2.57. The van der Waals surface area contributed by atoms with Gasteiger partial charge in [-0.05, 0) is 56.9 Å². The Morgan fingerprint density at radius 1 is 1.25 bits per heavy atom. The van der Waals surface area contributed by atoms with E-state index >= 15 is 0 Å². The summed E-state index contributed by atoms with van der Waals surface area (Å²) in [5.74, 6) is 0.308. The van der Waals surface area contributed by atoms with E-state index in [1.54, 1.807) is 19.2 Å². The van der Waals surface area contributed by atoms with Crippen LogP contribution in [0.5, 0.6) is 5.88 Å². The smallest absolute Gasteiger partial charge is 0.268 e. The zero-order valence-electron chi connectivity index (χ0n) is 16.2. The molecule has 0 radical (unpaired) electrons. The van der Waals surface area contributed by atoms with E-state index in [2.05, 4.69) is 15.3 Å². The Labute approximate surface area is 163 Å². The molecule has 1 atom stereocenters. The van der Waals surface area contributed by atoms with Gasteiger partial charge >= 0.3 is 0 Å². The molecule has 0 unspecified atom stereocenters. The zero-order valence-corrected chi connectivity index (χ0v) is 16.2. The molecule has 3 heterocycles. The van der Waals surface area contributed by atoms with Crippen molar-refractivity contribution >= 4 is 22.7 Å². The summed E-state index contributed by atoms with van der Waals surface area (Å²) < 4.78 is 5.71. The van der Waals surface area contributed by atoms with Crippen molar-refractivity contribution in [1.82, 2.24) is 20.2 Å². The second-order valence-corrected chi connectivity index (χ2v) is 8.63. The maximum absolute atomic E-state index is 12.7. The third-order valence-corrected chi connectivity index (χ3v) is 6.35. The van der Waals surface area contributed by atoms with E-state index in [-0.39, 0.29) is 17.9 Å². The number of carbonyl (C=O) groups excluding carboxylic acids is 2. The number of ether oxygens (including phenoxy) is 1. The minimum Gasteiger partial charge on any atom is -0.474 e. The highest BCUT2D eigenvalue weighted by atomic mass is 16.5. The van der Waals surface area contributed by atoms with Gasteiger partial charge in [0.2, 0.25) is 11.8 Å². The molecule has 2 amide bonds. The quantitative estimate of drug-likeness (QED) is 0.832. The number of hydrogen-bond acceptors (Lipinski definition) is 4. The largest absolute Gasteiger partial charge is 0.474 e. The van der Waals surface area contributed by atoms with Crippen LogP contribution in [0.25, 0.3) is 10.9 Å². The van der Waals surface area contributed by atoms with Gasteiger partial charge in [0.15, 0.2) is 0 Å². The maximum Gasteiger partial charge on any atom is 0.268 e. The van der Waals surface area contributed by atoms with Gasteiger partial charge < -0.3 is 19.9 Å². The maximum atomic E-state index is 12.7. The average molecular weight is 382 g/mol. The first-order valence-corrected chi connectivity index (χ1v) is 10.3. The summed E-state index contributed by atoms with van der Waals surface area (Å²) in [6.07, 6.45) is 8.92. The highest BCUT2D eigenvalue weighted by molar-refractivity contribution is 6.00. The molecule has 2 N–H and O–H groups in total. The van der Waals surface area contributed by atoms with E-state index in [1.807, 2.05) is 11.0 Å². The average Bonchev–Trinajstić information content (AvgIpc) is 3.61. The zero-order chi connectivity index (χ0) is 19.3. The monoisotopic (exact) mass is 382 g/mol. The van der Waals surface area contributed by atoms with Gasteiger partial charge in [0.25, 0.3) is 5.91 Å². The highest BCUT2D eigenvalue weighted by Gasteiger charge is 2.45. The summed E-state index contributed by atoms with van der Waals surface area (Å²) in [7, 11) is 0. The van der Waals surface area contributed by atoms with Crippen molar-refractivity contribution in [3.8, 4) is 5.88 Å². The van der Waals surface area contributed by atoms with Gasteiger partial charge in [-0.25, -0.2) is 4.98 Å². The summed E-state index contributed by atoms with van der Waals surface area (Å²) in [6, 6.07) is 3.08. The third-order valence-electron chi connectivity index (χ3n) is 6.35. The fraction of sp³-hybridized carbons (Fsp3) is 0.571. The molecule has 7 heteroatoms. The molecular formula is C21H26N4O3. The molecule has 1 saturated heterocycles. The molecule has 1 spiro atoms. The number of rotatable bonds is 5. The SMILES string of the molecule is C[C@H](NC(=O)c1cc2cc(OC3CC3)ncc2[nH]1)C(=O)N1CCC2(CC1)CC2. The number of H-pyrrole nitrogens is 1. The number of hydrogen-bond donors (Lipinski definition) is 2. The highest BCUT2D eigenvalue weighted by Crippen LogP contribution is 2.53. The van der Waals surface area contributed by atoms with Crippen LogP contribution in [0, 0.1) is 5.41 Å². The van der Waals surface area contributed by atoms with Crippen molar-refractivity contribution in [3.05, 3.63) is 24.0 Å². The molecule has 2 aliphatic carbocycles. The lowest BCUT2D eigenvalue weighted by atomic mass is 9.93. The van der Waals surface area contributed by atoms with E-state index in [9.17, 15) is 9.59 Å². The fourth-order valence-electron chi connectivity index (χ4n) is 4.04. The van der Waals surface area contributed by atoms with Crippen LogP contribution in [0.2, 0.25) is 0 Å². The molecule has 0 aromatic carbocycles. The van der Waals surface area contributed by atoms with Crippen LogP contribution in [-0.2, 0) is 4.79 Å². The summed E-state index contributed by atoms with van der Waals surface area (Å²) in [5, 5.41) is 3.71. The molecule has 1 aliphatic heterocycles. The number of pyridine rings is 1. The lowest BCUT2D eigenvalue weighted by Gasteiger charge is -2.33. The van der Waals surface area contributed by atoms with Gasteiger partial charge in [-0.3, -0.25) is 9.59 Å². The van der Waals surface area contributed by atoms with Crippen LogP contribution in [-0.4, -0.2) is 51.9 Å². The van der Waals surface area contributed by atoms with E-state index in [0.717, 1.165) is 49.7 Å². The van der Waals surface area contributed by atoms with Crippen molar-refractivity contribution < 1.29 is 14.3 Å². The predicted molar refractivity (Wildman–Crippen MR) is 104 cm³/mol. The van der Waals surface area contributed by atoms with Gasteiger partial charge in [-0.2, -0.15) is 0 Å². The summed E-state index contributed by atoms with van der Waals surface area (Å²) >= 11 is 0. The number of nitrogens with one attached hydrogen (secondary N) is 2. The van der Waals surface area contributed by atoms with Gasteiger partial charge in [0, 0.05) is 24.5 Å². The first-order valence-electron chi connectivity index (χ1n) is 10.3. The Bertz CT molecular complexity index is 919. The van der Waals surface area contributed by atoms with Gasteiger partial charge in [-0.1, -0.05) is 0 Å². The number of carbonyl (C=O) groups is 2. The molecule has 2 saturated carbocycles. The molecular weight excluding hydrogens is 356 g/mol. The van der Waals surface area contributed by atoms with Gasteiger partial charge in [0.05, 0.1) is 11.7 Å². The number of likely N-dealkylation sites (tertiary alicyclic amines) is 1. The molecule has 28 heavy (non-hydrogen) atoms. The van der Waals surface area contributed by atoms with E-state index in [1.165, 1.54) is 12.8 Å². The summed E-state index contributed by atoms with van der Waals surface area (Å²) in [5.41, 5.74) is 1.73. The first kappa shape index (κ1) is 17.5. The molecule has 0 bridgehead atoms.